The zero-order valence-corrected chi connectivity index (χ0v) is 16.0. The fraction of sp³-hybridized carbons (Fsp3) is 0.409. The van der Waals surface area contributed by atoms with Gasteiger partial charge in [-0.1, -0.05) is 6.92 Å². The van der Waals surface area contributed by atoms with Crippen LogP contribution in [0.25, 0.3) is 27.9 Å². The highest BCUT2D eigenvalue weighted by Gasteiger charge is 2.41. The summed E-state index contributed by atoms with van der Waals surface area (Å²) in [6.45, 7) is 2.41. The third-order valence-electron chi connectivity index (χ3n) is 7.02. The van der Waals surface area contributed by atoms with Crippen LogP contribution >= 0.6 is 0 Å². The maximum atomic E-state index is 4.99. The molecule has 3 saturated carbocycles. The smallest absolute Gasteiger partial charge is 0.184 e. The Morgan fingerprint density at radius 2 is 1.96 bits per heavy atom. The first-order valence-electron chi connectivity index (χ1n) is 10.3. The summed E-state index contributed by atoms with van der Waals surface area (Å²) < 4.78 is 1.94. The fourth-order valence-electron chi connectivity index (χ4n) is 5.46. The van der Waals surface area contributed by atoms with E-state index in [0.29, 0.717) is 12.0 Å². The summed E-state index contributed by atoms with van der Waals surface area (Å²) >= 11 is 0. The maximum absolute atomic E-state index is 4.99. The second-order valence-electron chi connectivity index (χ2n) is 8.43. The number of H-pyrrole nitrogens is 1. The minimum Gasteiger partial charge on any atom is -0.365 e. The molecule has 2 atom stereocenters. The van der Waals surface area contributed by atoms with Crippen LogP contribution in [0.2, 0.25) is 0 Å². The summed E-state index contributed by atoms with van der Waals surface area (Å²) in [5, 5.41) is 9.66. The maximum Gasteiger partial charge on any atom is 0.184 e. The van der Waals surface area contributed by atoms with E-state index in [0.717, 1.165) is 45.6 Å². The summed E-state index contributed by atoms with van der Waals surface area (Å²) in [5.41, 5.74) is 2.89. The Hall–Kier alpha value is -2.89. The van der Waals surface area contributed by atoms with Crippen molar-refractivity contribution in [3.8, 4) is 11.4 Å². The van der Waals surface area contributed by atoms with Gasteiger partial charge in [-0.15, -0.1) is 5.10 Å². The number of hydrogen-bond donors (Lipinski definition) is 2. The van der Waals surface area contributed by atoms with Crippen LogP contribution in [0.5, 0.6) is 0 Å². The van der Waals surface area contributed by atoms with Gasteiger partial charge in [0.2, 0.25) is 0 Å². The van der Waals surface area contributed by atoms with Crippen LogP contribution in [0.4, 0.5) is 5.82 Å². The van der Waals surface area contributed by atoms with Crippen LogP contribution in [0.15, 0.2) is 42.9 Å². The van der Waals surface area contributed by atoms with Gasteiger partial charge in [0.25, 0.3) is 0 Å². The molecule has 28 heavy (non-hydrogen) atoms. The number of anilines is 1. The molecule has 0 aromatic carbocycles. The van der Waals surface area contributed by atoms with Crippen molar-refractivity contribution in [1.29, 1.82) is 0 Å². The van der Waals surface area contributed by atoms with Crippen LogP contribution < -0.4 is 5.32 Å². The van der Waals surface area contributed by atoms with Gasteiger partial charge in [0, 0.05) is 35.6 Å². The Morgan fingerprint density at radius 1 is 1.11 bits per heavy atom. The average Bonchev–Trinajstić information content (AvgIpc) is 3.37. The summed E-state index contributed by atoms with van der Waals surface area (Å²) in [5.74, 6) is 3.96. The normalized spacial score (nSPS) is 26.9. The van der Waals surface area contributed by atoms with E-state index >= 15 is 0 Å². The van der Waals surface area contributed by atoms with Crippen molar-refractivity contribution in [1.82, 2.24) is 24.6 Å². The molecule has 3 aliphatic rings. The lowest BCUT2D eigenvalue weighted by Gasteiger charge is -2.47. The van der Waals surface area contributed by atoms with Gasteiger partial charge in [0.05, 0.1) is 0 Å². The first kappa shape index (κ1) is 16.1. The number of rotatable bonds is 3. The SMILES string of the molecule is C[C@H]1C2CCC(CC2)[C@@H]1Nc1nc(-c2c[nH]c3ncccc23)nn2cccc12. The monoisotopic (exact) mass is 372 g/mol. The molecule has 0 aliphatic heterocycles. The van der Waals surface area contributed by atoms with E-state index in [1.54, 1.807) is 6.20 Å². The van der Waals surface area contributed by atoms with Crippen molar-refractivity contribution in [2.45, 2.75) is 38.6 Å². The van der Waals surface area contributed by atoms with E-state index in [1.165, 1.54) is 25.7 Å². The topological polar surface area (TPSA) is 70.9 Å². The van der Waals surface area contributed by atoms with Gasteiger partial charge in [-0.25, -0.2) is 14.5 Å². The summed E-state index contributed by atoms with van der Waals surface area (Å²) in [4.78, 5) is 12.6. The molecule has 2 N–H and O–H groups in total. The van der Waals surface area contributed by atoms with Crippen LogP contribution in [-0.2, 0) is 0 Å². The third-order valence-corrected chi connectivity index (χ3v) is 7.02. The molecule has 7 rings (SSSR count). The first-order valence-corrected chi connectivity index (χ1v) is 10.3. The molecule has 3 fully saturated rings. The summed E-state index contributed by atoms with van der Waals surface area (Å²) in [6.07, 6.45) is 11.2. The highest BCUT2D eigenvalue weighted by atomic mass is 15.3. The predicted octanol–water partition coefficient (Wildman–Crippen LogP) is 4.51. The van der Waals surface area contributed by atoms with Crippen LogP contribution in [-0.4, -0.2) is 30.6 Å². The molecule has 3 aliphatic carbocycles. The molecule has 6 heteroatoms. The Morgan fingerprint density at radius 3 is 2.82 bits per heavy atom. The molecule has 4 aromatic heterocycles. The molecule has 2 bridgehead atoms. The van der Waals surface area contributed by atoms with E-state index in [1.807, 2.05) is 29.0 Å². The fourth-order valence-corrected chi connectivity index (χ4v) is 5.46. The average molecular weight is 372 g/mol. The Bertz CT molecular complexity index is 1150. The van der Waals surface area contributed by atoms with E-state index in [2.05, 4.69) is 34.3 Å². The number of aromatic amines is 1. The number of aromatic nitrogens is 5. The van der Waals surface area contributed by atoms with Crippen molar-refractivity contribution >= 4 is 22.4 Å². The lowest BCUT2D eigenvalue weighted by atomic mass is 9.62. The van der Waals surface area contributed by atoms with Crippen LogP contribution in [0.1, 0.15) is 32.6 Å². The minimum atomic E-state index is 0.499. The molecule has 4 aromatic rings. The molecule has 4 heterocycles. The third kappa shape index (κ3) is 2.37. The number of hydrogen-bond acceptors (Lipinski definition) is 4. The Balaban J connectivity index is 1.45. The highest BCUT2D eigenvalue weighted by Crippen LogP contribution is 2.46. The van der Waals surface area contributed by atoms with Crippen LogP contribution in [0.3, 0.4) is 0 Å². The molecule has 142 valence electrons. The zero-order valence-electron chi connectivity index (χ0n) is 16.0. The minimum absolute atomic E-state index is 0.499. The van der Waals surface area contributed by atoms with Gasteiger partial charge >= 0.3 is 0 Å². The molecule has 0 saturated heterocycles. The number of pyridine rings is 1. The molecular formula is C22H24N6. The van der Waals surface area contributed by atoms with Crippen molar-refractivity contribution in [2.75, 3.05) is 5.32 Å². The summed E-state index contributed by atoms with van der Waals surface area (Å²) in [7, 11) is 0. The standard InChI is InChI=1S/C22H24N6/c1-13-14-6-8-15(9-7-14)19(13)25-22-18-5-3-11-28(18)27-21(26-22)17-12-24-20-16(17)4-2-10-23-20/h2-5,10-15,19H,6-9H2,1H3,(H,23,24)(H,25,26,27)/t13-,14?,15?,19+/m0/s1. The van der Waals surface area contributed by atoms with Crippen molar-refractivity contribution in [3.05, 3.63) is 42.9 Å². The van der Waals surface area contributed by atoms with Gasteiger partial charge in [-0.3, -0.25) is 0 Å². The largest absolute Gasteiger partial charge is 0.365 e. The molecule has 6 nitrogen and oxygen atoms in total. The molecular weight excluding hydrogens is 348 g/mol. The second-order valence-corrected chi connectivity index (χ2v) is 8.43. The predicted molar refractivity (Wildman–Crippen MR) is 110 cm³/mol. The van der Waals surface area contributed by atoms with Gasteiger partial charge in [-0.05, 0) is 67.7 Å². The zero-order chi connectivity index (χ0) is 18.7. The van der Waals surface area contributed by atoms with Gasteiger partial charge in [0.15, 0.2) is 11.6 Å². The van der Waals surface area contributed by atoms with Gasteiger partial charge < -0.3 is 10.3 Å². The number of nitrogens with one attached hydrogen (secondary N) is 2. The summed E-state index contributed by atoms with van der Waals surface area (Å²) in [6, 6.07) is 8.64. The van der Waals surface area contributed by atoms with E-state index in [-0.39, 0.29) is 0 Å². The Kier molecular flexibility index (Phi) is 3.48. The molecule has 0 unspecified atom stereocenters. The lowest BCUT2D eigenvalue weighted by molar-refractivity contribution is 0.0928. The van der Waals surface area contributed by atoms with Crippen LogP contribution in [0, 0.1) is 17.8 Å². The van der Waals surface area contributed by atoms with E-state index < -0.39 is 0 Å². The second kappa shape index (κ2) is 6.06. The molecule has 0 radical (unpaired) electrons. The quantitative estimate of drug-likeness (QED) is 0.555. The van der Waals surface area contributed by atoms with Crippen molar-refractivity contribution in [2.24, 2.45) is 17.8 Å². The highest BCUT2D eigenvalue weighted by molar-refractivity contribution is 5.91. The van der Waals surface area contributed by atoms with E-state index in [9.17, 15) is 0 Å². The molecule has 0 amide bonds. The molecule has 0 spiro atoms. The van der Waals surface area contributed by atoms with Gasteiger partial charge in [-0.2, -0.15) is 0 Å². The van der Waals surface area contributed by atoms with Gasteiger partial charge in [0.1, 0.15) is 11.2 Å². The lowest BCUT2D eigenvalue weighted by Crippen LogP contribution is -2.47. The Labute approximate surface area is 163 Å². The van der Waals surface area contributed by atoms with Crippen molar-refractivity contribution < 1.29 is 0 Å². The first-order chi connectivity index (χ1) is 13.8. The number of nitrogens with zero attached hydrogens (tertiary/aromatic N) is 4. The number of fused-ring (bicyclic) bond motifs is 5. The van der Waals surface area contributed by atoms with E-state index in [4.69, 9.17) is 10.1 Å². The van der Waals surface area contributed by atoms with Crippen molar-refractivity contribution in [3.63, 3.8) is 0 Å².